The van der Waals surface area contributed by atoms with Gasteiger partial charge in [0.1, 0.15) is 5.75 Å². The van der Waals surface area contributed by atoms with E-state index in [9.17, 15) is 5.11 Å². The third kappa shape index (κ3) is 3.11. The highest BCUT2D eigenvalue weighted by atomic mass is 17.2. The van der Waals surface area contributed by atoms with Gasteiger partial charge in [-0.05, 0) is 42.3 Å². The molecular weight excluding hydrogens is 252 g/mol. The predicted octanol–water partition coefficient (Wildman–Crippen LogP) is 4.05. The molecule has 2 aromatic carbocycles. The van der Waals surface area contributed by atoms with Crippen molar-refractivity contribution < 1.29 is 14.9 Å². The van der Waals surface area contributed by atoms with Crippen molar-refractivity contribution in [1.82, 2.24) is 0 Å². The second-order valence-electron chi connectivity index (χ2n) is 5.19. The maximum absolute atomic E-state index is 9.38. The molecule has 0 heterocycles. The Morgan fingerprint density at radius 1 is 0.900 bits per heavy atom. The number of hydrogen-bond donors (Lipinski definition) is 1. The zero-order chi connectivity index (χ0) is 14.6. The summed E-state index contributed by atoms with van der Waals surface area (Å²) in [7, 11) is 0. The van der Waals surface area contributed by atoms with E-state index in [-0.39, 0.29) is 11.2 Å². The van der Waals surface area contributed by atoms with E-state index in [1.165, 1.54) is 5.56 Å². The molecule has 0 unspecified atom stereocenters. The van der Waals surface area contributed by atoms with Crippen molar-refractivity contribution >= 4 is 0 Å². The van der Waals surface area contributed by atoms with Crippen molar-refractivity contribution in [3.8, 4) is 11.5 Å². The Morgan fingerprint density at radius 2 is 1.40 bits per heavy atom. The standard InChI is InChI=1S/C17H20O3/c1-4-19-20-16-11-7-14(8-12-16)17(2,3)13-5-9-15(18)10-6-13/h5-12,18H,4H2,1-3H3. The normalized spacial score (nSPS) is 11.3. The average molecular weight is 272 g/mol. The fraction of sp³-hybridized carbons (Fsp3) is 0.294. The van der Waals surface area contributed by atoms with Crippen LogP contribution in [0.15, 0.2) is 48.5 Å². The number of hydrogen-bond acceptors (Lipinski definition) is 3. The molecule has 3 heteroatoms. The molecule has 0 aliphatic carbocycles. The van der Waals surface area contributed by atoms with Crippen LogP contribution in [0.1, 0.15) is 31.9 Å². The smallest absolute Gasteiger partial charge is 0.165 e. The highest BCUT2D eigenvalue weighted by molar-refractivity contribution is 5.41. The van der Waals surface area contributed by atoms with Crippen molar-refractivity contribution in [2.45, 2.75) is 26.2 Å². The number of phenolic OH excluding ortho intramolecular Hbond substituents is 1. The van der Waals surface area contributed by atoms with Gasteiger partial charge in [-0.25, -0.2) is 0 Å². The molecule has 0 aromatic heterocycles. The quantitative estimate of drug-likeness (QED) is 0.659. The van der Waals surface area contributed by atoms with Crippen LogP contribution in [0.4, 0.5) is 0 Å². The van der Waals surface area contributed by atoms with Crippen LogP contribution in [0.3, 0.4) is 0 Å². The summed E-state index contributed by atoms with van der Waals surface area (Å²) < 4.78 is 0. The van der Waals surface area contributed by atoms with Crippen LogP contribution in [0, 0.1) is 0 Å². The Hall–Kier alpha value is -2.00. The summed E-state index contributed by atoms with van der Waals surface area (Å²) in [4.78, 5) is 10.0. The molecule has 0 fully saturated rings. The third-order valence-corrected chi connectivity index (χ3v) is 3.44. The first-order chi connectivity index (χ1) is 9.54. The molecule has 0 saturated heterocycles. The molecule has 3 nitrogen and oxygen atoms in total. The van der Waals surface area contributed by atoms with Gasteiger partial charge in [0.2, 0.25) is 0 Å². The summed E-state index contributed by atoms with van der Waals surface area (Å²) in [5.41, 5.74) is 2.18. The zero-order valence-corrected chi connectivity index (χ0v) is 12.1. The fourth-order valence-corrected chi connectivity index (χ4v) is 2.10. The van der Waals surface area contributed by atoms with Crippen molar-refractivity contribution in [2.75, 3.05) is 6.61 Å². The lowest BCUT2D eigenvalue weighted by Crippen LogP contribution is -2.18. The SMILES string of the molecule is CCOOc1ccc(C(C)(C)c2ccc(O)cc2)cc1. The van der Waals surface area contributed by atoms with Gasteiger partial charge in [-0.2, -0.15) is 4.89 Å². The highest BCUT2D eigenvalue weighted by Crippen LogP contribution is 2.33. The lowest BCUT2D eigenvalue weighted by molar-refractivity contribution is -0.202. The van der Waals surface area contributed by atoms with Gasteiger partial charge < -0.3 is 9.99 Å². The fourth-order valence-electron chi connectivity index (χ4n) is 2.10. The first-order valence-corrected chi connectivity index (χ1v) is 6.73. The Balaban J connectivity index is 2.22. The van der Waals surface area contributed by atoms with Crippen LogP contribution >= 0.6 is 0 Å². The van der Waals surface area contributed by atoms with E-state index in [1.807, 2.05) is 43.3 Å². The second kappa shape index (κ2) is 5.97. The third-order valence-electron chi connectivity index (χ3n) is 3.44. The first-order valence-electron chi connectivity index (χ1n) is 6.73. The molecule has 0 bridgehead atoms. The maximum Gasteiger partial charge on any atom is 0.165 e. The van der Waals surface area contributed by atoms with E-state index in [4.69, 9.17) is 9.78 Å². The lowest BCUT2D eigenvalue weighted by Gasteiger charge is -2.26. The van der Waals surface area contributed by atoms with Crippen molar-refractivity contribution in [3.63, 3.8) is 0 Å². The summed E-state index contributed by atoms with van der Waals surface area (Å²) in [5.74, 6) is 0.974. The van der Waals surface area contributed by atoms with Gasteiger partial charge in [0.05, 0.1) is 6.61 Å². The van der Waals surface area contributed by atoms with Gasteiger partial charge in [-0.15, -0.1) is 0 Å². The number of phenols is 1. The van der Waals surface area contributed by atoms with Gasteiger partial charge in [-0.3, -0.25) is 0 Å². The van der Waals surface area contributed by atoms with Crippen molar-refractivity contribution in [3.05, 3.63) is 59.7 Å². The topological polar surface area (TPSA) is 38.7 Å². The van der Waals surface area contributed by atoms with Gasteiger partial charge >= 0.3 is 0 Å². The molecule has 2 aromatic rings. The summed E-state index contributed by atoms with van der Waals surface area (Å²) >= 11 is 0. The van der Waals surface area contributed by atoms with Crippen LogP contribution < -0.4 is 4.89 Å². The Kier molecular flexibility index (Phi) is 4.30. The molecule has 106 valence electrons. The Bertz CT molecular complexity index is 541. The van der Waals surface area contributed by atoms with Crippen LogP contribution in [0.2, 0.25) is 0 Å². The molecule has 0 aliphatic heterocycles. The summed E-state index contributed by atoms with van der Waals surface area (Å²) in [6, 6.07) is 15.2. The molecule has 0 aliphatic rings. The molecule has 0 saturated carbocycles. The molecule has 20 heavy (non-hydrogen) atoms. The van der Waals surface area contributed by atoms with Crippen LogP contribution in [-0.4, -0.2) is 11.7 Å². The molecule has 2 rings (SSSR count). The maximum atomic E-state index is 9.38. The largest absolute Gasteiger partial charge is 0.508 e. The van der Waals surface area contributed by atoms with E-state index < -0.39 is 0 Å². The van der Waals surface area contributed by atoms with E-state index in [0.29, 0.717) is 12.4 Å². The van der Waals surface area contributed by atoms with Crippen LogP contribution in [0.25, 0.3) is 0 Å². The number of benzene rings is 2. The average Bonchev–Trinajstić information content (AvgIpc) is 2.46. The predicted molar refractivity (Wildman–Crippen MR) is 78.9 cm³/mol. The molecule has 1 N–H and O–H groups in total. The number of rotatable bonds is 5. The molecule has 0 atom stereocenters. The van der Waals surface area contributed by atoms with E-state index in [2.05, 4.69) is 13.8 Å². The van der Waals surface area contributed by atoms with Crippen LogP contribution in [-0.2, 0) is 10.3 Å². The minimum absolute atomic E-state index is 0.141. The summed E-state index contributed by atoms with van der Waals surface area (Å²) in [5, 5.41) is 9.38. The molecule has 0 radical (unpaired) electrons. The van der Waals surface area contributed by atoms with Gasteiger partial charge in [0.25, 0.3) is 0 Å². The van der Waals surface area contributed by atoms with E-state index in [0.717, 1.165) is 5.56 Å². The van der Waals surface area contributed by atoms with E-state index >= 15 is 0 Å². The van der Waals surface area contributed by atoms with E-state index in [1.54, 1.807) is 12.1 Å². The molecule has 0 amide bonds. The summed E-state index contributed by atoms with van der Waals surface area (Å²) in [6.45, 7) is 6.69. The summed E-state index contributed by atoms with van der Waals surface area (Å²) in [6.07, 6.45) is 0. The van der Waals surface area contributed by atoms with Gasteiger partial charge in [0, 0.05) is 5.41 Å². The molecular formula is C17H20O3. The van der Waals surface area contributed by atoms with Crippen molar-refractivity contribution in [1.29, 1.82) is 0 Å². The minimum atomic E-state index is -0.141. The minimum Gasteiger partial charge on any atom is -0.508 e. The second-order valence-corrected chi connectivity index (χ2v) is 5.19. The first kappa shape index (κ1) is 14.4. The van der Waals surface area contributed by atoms with Crippen LogP contribution in [0.5, 0.6) is 11.5 Å². The van der Waals surface area contributed by atoms with Gasteiger partial charge in [0.15, 0.2) is 5.75 Å². The van der Waals surface area contributed by atoms with Crippen molar-refractivity contribution in [2.24, 2.45) is 0 Å². The monoisotopic (exact) mass is 272 g/mol. The molecule has 0 spiro atoms. The lowest BCUT2D eigenvalue weighted by atomic mass is 9.78. The number of aromatic hydroxyl groups is 1. The highest BCUT2D eigenvalue weighted by Gasteiger charge is 2.23. The Labute approximate surface area is 119 Å². The Morgan fingerprint density at radius 3 is 1.90 bits per heavy atom. The van der Waals surface area contributed by atoms with Gasteiger partial charge in [-0.1, -0.05) is 38.1 Å². The zero-order valence-electron chi connectivity index (χ0n) is 12.1.